The quantitative estimate of drug-likeness (QED) is 0.440. The van der Waals surface area contributed by atoms with Crippen molar-refractivity contribution in [3.8, 4) is 5.75 Å². The molecule has 1 fully saturated rings. The van der Waals surface area contributed by atoms with Gasteiger partial charge in [0.15, 0.2) is 5.17 Å². The van der Waals surface area contributed by atoms with E-state index >= 15 is 0 Å². The molecule has 0 radical (unpaired) electrons. The summed E-state index contributed by atoms with van der Waals surface area (Å²) in [6, 6.07) is 7.27. The summed E-state index contributed by atoms with van der Waals surface area (Å²) in [4.78, 5) is 37.0. The van der Waals surface area contributed by atoms with Crippen LogP contribution in [0.2, 0.25) is 0 Å². The van der Waals surface area contributed by atoms with E-state index in [0.717, 1.165) is 35.0 Å². The normalized spacial score (nSPS) is 16.3. The summed E-state index contributed by atoms with van der Waals surface area (Å²) < 4.78 is 0. The van der Waals surface area contributed by atoms with Gasteiger partial charge in [-0.3, -0.25) is 25.0 Å². The second-order valence-corrected chi connectivity index (χ2v) is 7.28. The number of carbonyl (C=O) groups is 1. The van der Waals surface area contributed by atoms with Crippen LogP contribution >= 0.6 is 11.8 Å². The number of benzene rings is 2. The Bertz CT molecular complexity index is 1110. The number of phenolic OH excluding ortho intramolecular Hbond substituents is 1. The monoisotopic (exact) mass is 414 g/mol. The maximum Gasteiger partial charge on any atom is 0.318 e. The second kappa shape index (κ2) is 7.72. The molecule has 148 valence electrons. The first kappa shape index (κ1) is 20.0. The minimum absolute atomic E-state index is 0.0817. The van der Waals surface area contributed by atoms with Gasteiger partial charge in [0.25, 0.3) is 11.6 Å². The van der Waals surface area contributed by atoms with Gasteiger partial charge < -0.3 is 10.4 Å². The average Bonchev–Trinajstić information content (AvgIpc) is 2.94. The number of nitrogens with zero attached hydrogens (tertiary/aromatic N) is 3. The number of nitro benzene ring substituents is 2. The van der Waals surface area contributed by atoms with Gasteiger partial charge >= 0.3 is 5.69 Å². The number of amides is 1. The van der Waals surface area contributed by atoms with Gasteiger partial charge in [-0.15, -0.1) is 0 Å². The van der Waals surface area contributed by atoms with Crippen molar-refractivity contribution in [3.63, 3.8) is 0 Å². The lowest BCUT2D eigenvalue weighted by Crippen LogP contribution is -2.19. The maximum atomic E-state index is 12.2. The maximum absolute atomic E-state index is 12.2. The van der Waals surface area contributed by atoms with E-state index < -0.39 is 32.9 Å². The molecule has 29 heavy (non-hydrogen) atoms. The zero-order chi connectivity index (χ0) is 21.3. The molecule has 2 N–H and O–H groups in total. The van der Waals surface area contributed by atoms with Crippen molar-refractivity contribution in [2.45, 2.75) is 13.8 Å². The Morgan fingerprint density at radius 1 is 1.07 bits per heavy atom. The van der Waals surface area contributed by atoms with Crippen LogP contribution in [0.3, 0.4) is 0 Å². The molecule has 2 aromatic carbocycles. The van der Waals surface area contributed by atoms with Crippen LogP contribution in [0.5, 0.6) is 5.75 Å². The minimum Gasteiger partial charge on any atom is -0.502 e. The van der Waals surface area contributed by atoms with Crippen LogP contribution in [0.15, 0.2) is 40.2 Å². The third-order valence-corrected chi connectivity index (χ3v) is 4.80. The highest BCUT2D eigenvalue weighted by atomic mass is 32.2. The van der Waals surface area contributed by atoms with Gasteiger partial charge in [-0.25, -0.2) is 4.99 Å². The molecule has 0 aliphatic carbocycles. The number of rotatable bonds is 4. The van der Waals surface area contributed by atoms with Gasteiger partial charge in [0, 0.05) is 11.6 Å². The predicted octanol–water partition coefficient (Wildman–Crippen LogP) is 3.72. The molecule has 0 bridgehead atoms. The van der Waals surface area contributed by atoms with Crippen molar-refractivity contribution in [1.82, 2.24) is 5.32 Å². The van der Waals surface area contributed by atoms with Gasteiger partial charge in [-0.2, -0.15) is 0 Å². The van der Waals surface area contributed by atoms with Gasteiger partial charge in [0.1, 0.15) is 0 Å². The summed E-state index contributed by atoms with van der Waals surface area (Å²) in [5.74, 6) is -1.30. The number of amidine groups is 1. The van der Waals surface area contributed by atoms with Crippen LogP contribution < -0.4 is 5.32 Å². The number of thioether (sulfide) groups is 1. The number of hydrogen-bond acceptors (Lipinski definition) is 8. The van der Waals surface area contributed by atoms with Crippen LogP contribution in [-0.4, -0.2) is 26.0 Å². The molecule has 1 heterocycles. The van der Waals surface area contributed by atoms with Crippen molar-refractivity contribution in [3.05, 3.63) is 72.2 Å². The van der Waals surface area contributed by atoms with Crippen molar-refractivity contribution < 1.29 is 19.7 Å². The summed E-state index contributed by atoms with van der Waals surface area (Å²) in [5.41, 5.74) is 1.04. The van der Waals surface area contributed by atoms with Gasteiger partial charge in [-0.05, 0) is 54.9 Å². The van der Waals surface area contributed by atoms with E-state index in [-0.39, 0.29) is 15.6 Å². The lowest BCUT2D eigenvalue weighted by molar-refractivity contribution is -0.394. The first-order valence-electron chi connectivity index (χ1n) is 8.17. The van der Waals surface area contributed by atoms with E-state index in [1.165, 1.54) is 0 Å². The van der Waals surface area contributed by atoms with Crippen LogP contribution in [0.1, 0.15) is 16.7 Å². The number of phenols is 1. The van der Waals surface area contributed by atoms with Crippen molar-refractivity contribution in [2.24, 2.45) is 4.99 Å². The van der Waals surface area contributed by atoms with Gasteiger partial charge in [-0.1, -0.05) is 6.07 Å². The molecule has 1 amide bonds. The Morgan fingerprint density at radius 2 is 1.72 bits per heavy atom. The molecule has 0 unspecified atom stereocenters. The minimum atomic E-state index is -0.931. The zero-order valence-corrected chi connectivity index (χ0v) is 16.0. The Kier molecular flexibility index (Phi) is 5.33. The summed E-state index contributed by atoms with van der Waals surface area (Å²) in [6.45, 7) is 3.83. The number of aromatic hydroxyl groups is 1. The van der Waals surface area contributed by atoms with Gasteiger partial charge in [0.2, 0.25) is 5.75 Å². The highest BCUT2D eigenvalue weighted by Crippen LogP contribution is 2.37. The SMILES string of the molecule is Cc1cc(C)cc(N=C2NC(=O)/C(=C/c3cc([N+](=O)[O-])cc([N+](=O)[O-])c3O)S2)c1. The largest absolute Gasteiger partial charge is 0.502 e. The summed E-state index contributed by atoms with van der Waals surface area (Å²) in [7, 11) is 0. The molecule has 10 nitrogen and oxygen atoms in total. The van der Waals surface area contributed by atoms with Gasteiger partial charge in [0.05, 0.1) is 26.5 Å². The van der Waals surface area contributed by atoms with Crippen LogP contribution in [0.4, 0.5) is 17.1 Å². The highest BCUT2D eigenvalue weighted by molar-refractivity contribution is 8.18. The molecule has 0 saturated carbocycles. The molecule has 0 atom stereocenters. The highest BCUT2D eigenvalue weighted by Gasteiger charge is 2.27. The Balaban J connectivity index is 1.99. The molecule has 1 aliphatic rings. The molecule has 11 heteroatoms. The number of non-ortho nitro benzene ring substituents is 1. The van der Waals surface area contributed by atoms with Crippen LogP contribution in [-0.2, 0) is 4.79 Å². The van der Waals surface area contributed by atoms with E-state index in [2.05, 4.69) is 10.3 Å². The predicted molar refractivity (Wildman–Crippen MR) is 108 cm³/mol. The summed E-state index contributed by atoms with van der Waals surface area (Å²) in [6.07, 6.45) is 1.15. The van der Waals surface area contributed by atoms with Crippen molar-refractivity contribution in [1.29, 1.82) is 0 Å². The van der Waals surface area contributed by atoms with Crippen LogP contribution in [0.25, 0.3) is 6.08 Å². The van der Waals surface area contributed by atoms with E-state index in [1.807, 2.05) is 32.0 Å². The van der Waals surface area contributed by atoms with E-state index in [9.17, 15) is 30.1 Å². The fourth-order valence-electron chi connectivity index (χ4n) is 2.73. The Hall–Kier alpha value is -3.73. The molecule has 1 aliphatic heterocycles. The fraction of sp³-hybridized carbons (Fsp3) is 0.111. The number of nitro groups is 2. The molecule has 3 rings (SSSR count). The Labute approximate surface area is 168 Å². The lowest BCUT2D eigenvalue weighted by atomic mass is 10.1. The number of hydrogen-bond donors (Lipinski definition) is 2. The third kappa shape index (κ3) is 4.41. The lowest BCUT2D eigenvalue weighted by Gasteiger charge is -2.02. The molecule has 1 saturated heterocycles. The molecular weight excluding hydrogens is 400 g/mol. The zero-order valence-electron chi connectivity index (χ0n) is 15.2. The van der Waals surface area contributed by atoms with Crippen molar-refractivity contribution in [2.75, 3.05) is 0 Å². The average molecular weight is 414 g/mol. The number of aryl methyl sites for hydroxylation is 2. The number of aliphatic imine (C=N–C) groups is 1. The van der Waals surface area contributed by atoms with Crippen LogP contribution in [0, 0.1) is 34.1 Å². The molecule has 0 spiro atoms. The molecule has 0 aromatic heterocycles. The smallest absolute Gasteiger partial charge is 0.318 e. The standard InChI is InChI=1S/C18H14N4O6S/c1-9-3-10(2)5-12(4-9)19-18-20-17(24)15(29-18)7-11-6-13(21(25)26)8-14(16(11)23)22(27)28/h3-8,23H,1-2H3,(H,19,20,24)/b15-7-. The number of carbonyl (C=O) groups excluding carboxylic acids is 1. The Morgan fingerprint density at radius 3 is 2.31 bits per heavy atom. The second-order valence-electron chi connectivity index (χ2n) is 6.24. The number of nitrogens with one attached hydrogen (secondary N) is 1. The van der Waals surface area contributed by atoms with Crippen molar-refractivity contribution >= 4 is 46.0 Å². The fourth-order valence-corrected chi connectivity index (χ4v) is 3.57. The van der Waals surface area contributed by atoms with E-state index in [0.29, 0.717) is 11.8 Å². The van der Waals surface area contributed by atoms with E-state index in [1.54, 1.807) is 0 Å². The topological polar surface area (TPSA) is 148 Å². The molecular formula is C18H14N4O6S. The summed E-state index contributed by atoms with van der Waals surface area (Å²) >= 11 is 0.957. The first-order chi connectivity index (χ1) is 13.6. The third-order valence-electron chi connectivity index (χ3n) is 3.89. The molecule has 2 aromatic rings. The summed E-state index contributed by atoms with van der Waals surface area (Å²) in [5, 5.41) is 35.0. The first-order valence-corrected chi connectivity index (χ1v) is 8.99. The van der Waals surface area contributed by atoms with E-state index in [4.69, 9.17) is 0 Å².